The SMILES string of the molecule is C=CCC(C)(C)N(CC(C)(C)C=C)C(C)C. The van der Waals surface area contributed by atoms with Crippen molar-refractivity contribution in [2.24, 2.45) is 5.41 Å². The van der Waals surface area contributed by atoms with E-state index < -0.39 is 0 Å². The van der Waals surface area contributed by atoms with E-state index >= 15 is 0 Å². The Labute approximate surface area is 102 Å². The van der Waals surface area contributed by atoms with Crippen molar-refractivity contribution in [1.29, 1.82) is 0 Å². The van der Waals surface area contributed by atoms with E-state index in [9.17, 15) is 0 Å². The van der Waals surface area contributed by atoms with Crippen LogP contribution in [0.4, 0.5) is 0 Å². The molecule has 0 radical (unpaired) electrons. The lowest BCUT2D eigenvalue weighted by Gasteiger charge is -2.44. The van der Waals surface area contributed by atoms with Crippen LogP contribution >= 0.6 is 0 Å². The topological polar surface area (TPSA) is 3.24 Å². The molecule has 0 aromatic carbocycles. The van der Waals surface area contributed by atoms with Gasteiger partial charge in [-0.2, -0.15) is 0 Å². The molecule has 0 saturated heterocycles. The molecule has 0 unspecified atom stereocenters. The normalized spacial score (nSPS) is 13.2. The quantitative estimate of drug-likeness (QED) is 0.583. The molecule has 1 nitrogen and oxygen atoms in total. The average molecular weight is 223 g/mol. The van der Waals surface area contributed by atoms with Gasteiger partial charge in [0.1, 0.15) is 0 Å². The summed E-state index contributed by atoms with van der Waals surface area (Å²) in [5.74, 6) is 0. The Morgan fingerprint density at radius 3 is 1.94 bits per heavy atom. The zero-order valence-corrected chi connectivity index (χ0v) is 12.0. The van der Waals surface area contributed by atoms with Crippen LogP contribution in [0.15, 0.2) is 25.3 Å². The zero-order valence-electron chi connectivity index (χ0n) is 12.0. The molecule has 0 aliphatic heterocycles. The number of rotatable bonds is 7. The Bertz CT molecular complexity index is 236. The second-order valence-electron chi connectivity index (χ2n) is 6.22. The minimum Gasteiger partial charge on any atom is -0.295 e. The molecule has 0 saturated carbocycles. The van der Waals surface area contributed by atoms with Crippen molar-refractivity contribution in [2.45, 2.75) is 59.5 Å². The molecule has 94 valence electrons. The highest BCUT2D eigenvalue weighted by molar-refractivity contribution is 4.96. The van der Waals surface area contributed by atoms with Crippen molar-refractivity contribution in [3.8, 4) is 0 Å². The van der Waals surface area contributed by atoms with Gasteiger partial charge in [0.05, 0.1) is 0 Å². The van der Waals surface area contributed by atoms with Crippen molar-refractivity contribution in [1.82, 2.24) is 4.90 Å². The van der Waals surface area contributed by atoms with E-state index in [1.54, 1.807) is 0 Å². The Balaban J connectivity index is 4.87. The second kappa shape index (κ2) is 5.67. The van der Waals surface area contributed by atoms with E-state index in [2.05, 4.69) is 59.6 Å². The fourth-order valence-electron chi connectivity index (χ4n) is 2.07. The van der Waals surface area contributed by atoms with Crippen molar-refractivity contribution in [3.05, 3.63) is 25.3 Å². The molecule has 0 heterocycles. The van der Waals surface area contributed by atoms with Gasteiger partial charge in [-0.05, 0) is 39.5 Å². The van der Waals surface area contributed by atoms with E-state index in [0.29, 0.717) is 6.04 Å². The third-order valence-electron chi connectivity index (χ3n) is 3.18. The second-order valence-corrected chi connectivity index (χ2v) is 6.22. The first-order chi connectivity index (χ1) is 7.16. The highest BCUT2D eigenvalue weighted by Crippen LogP contribution is 2.28. The minimum atomic E-state index is 0.155. The van der Waals surface area contributed by atoms with Crippen molar-refractivity contribution in [2.75, 3.05) is 6.54 Å². The molecule has 0 amide bonds. The molecule has 0 aromatic heterocycles. The summed E-state index contributed by atoms with van der Waals surface area (Å²) in [7, 11) is 0. The lowest BCUT2D eigenvalue weighted by Crippen LogP contribution is -2.51. The maximum atomic E-state index is 3.93. The molecule has 0 bridgehead atoms. The Morgan fingerprint density at radius 1 is 1.12 bits per heavy atom. The zero-order chi connectivity index (χ0) is 13.0. The van der Waals surface area contributed by atoms with Crippen LogP contribution in [0.25, 0.3) is 0 Å². The standard InChI is InChI=1S/C15H29N/c1-9-11-15(7,8)16(13(3)4)12-14(5,6)10-2/h9-10,13H,1-2,11-12H2,3-8H3. The monoisotopic (exact) mass is 223 g/mol. The van der Waals surface area contributed by atoms with Gasteiger partial charge < -0.3 is 0 Å². The molecule has 0 aliphatic carbocycles. The first-order valence-electron chi connectivity index (χ1n) is 6.17. The fourth-order valence-corrected chi connectivity index (χ4v) is 2.07. The summed E-state index contributed by atoms with van der Waals surface area (Å²) in [5.41, 5.74) is 0.318. The van der Waals surface area contributed by atoms with E-state index in [0.717, 1.165) is 13.0 Å². The van der Waals surface area contributed by atoms with E-state index in [1.165, 1.54) is 0 Å². The van der Waals surface area contributed by atoms with Crippen LogP contribution in [0.3, 0.4) is 0 Å². The van der Waals surface area contributed by atoms with Gasteiger partial charge in [0.15, 0.2) is 0 Å². The molecule has 0 rings (SSSR count). The summed E-state index contributed by atoms with van der Waals surface area (Å²) < 4.78 is 0. The predicted molar refractivity (Wildman–Crippen MR) is 74.7 cm³/mol. The Morgan fingerprint density at radius 2 is 1.62 bits per heavy atom. The lowest BCUT2D eigenvalue weighted by atomic mass is 9.88. The van der Waals surface area contributed by atoms with Gasteiger partial charge in [-0.25, -0.2) is 0 Å². The summed E-state index contributed by atoms with van der Waals surface area (Å²) in [6.45, 7) is 22.4. The van der Waals surface area contributed by atoms with Gasteiger partial charge in [-0.1, -0.05) is 26.0 Å². The van der Waals surface area contributed by atoms with Gasteiger partial charge in [-0.3, -0.25) is 4.90 Å². The fraction of sp³-hybridized carbons (Fsp3) is 0.733. The molecule has 0 aliphatic rings. The molecule has 0 aromatic rings. The Kier molecular flexibility index (Phi) is 5.48. The molecule has 16 heavy (non-hydrogen) atoms. The summed E-state index contributed by atoms with van der Waals surface area (Å²) in [4.78, 5) is 2.54. The third-order valence-corrected chi connectivity index (χ3v) is 3.18. The molecular formula is C15H29N. The van der Waals surface area contributed by atoms with Gasteiger partial charge in [0, 0.05) is 18.1 Å². The minimum absolute atomic E-state index is 0.155. The molecule has 0 N–H and O–H groups in total. The van der Waals surface area contributed by atoms with Crippen LogP contribution in [0.2, 0.25) is 0 Å². The molecule has 0 atom stereocenters. The van der Waals surface area contributed by atoms with Crippen molar-refractivity contribution < 1.29 is 0 Å². The maximum Gasteiger partial charge on any atom is 0.0190 e. The van der Waals surface area contributed by atoms with E-state index in [4.69, 9.17) is 0 Å². The molecule has 0 spiro atoms. The average Bonchev–Trinajstić information content (AvgIpc) is 2.13. The largest absolute Gasteiger partial charge is 0.295 e. The van der Waals surface area contributed by atoms with E-state index in [-0.39, 0.29) is 11.0 Å². The summed E-state index contributed by atoms with van der Waals surface area (Å²) in [5, 5.41) is 0. The summed E-state index contributed by atoms with van der Waals surface area (Å²) >= 11 is 0. The number of hydrogen-bond donors (Lipinski definition) is 0. The Hall–Kier alpha value is -0.560. The molecule has 1 heteroatoms. The summed E-state index contributed by atoms with van der Waals surface area (Å²) in [6, 6.07) is 0.536. The highest BCUT2D eigenvalue weighted by atomic mass is 15.2. The highest BCUT2D eigenvalue weighted by Gasteiger charge is 2.31. The van der Waals surface area contributed by atoms with E-state index in [1.807, 2.05) is 12.2 Å². The first kappa shape index (κ1) is 15.4. The van der Waals surface area contributed by atoms with Gasteiger partial charge >= 0.3 is 0 Å². The van der Waals surface area contributed by atoms with Gasteiger partial charge in [0.2, 0.25) is 0 Å². The van der Waals surface area contributed by atoms with Crippen LogP contribution in [0, 0.1) is 5.41 Å². The van der Waals surface area contributed by atoms with Crippen LogP contribution < -0.4 is 0 Å². The molecule has 0 fully saturated rings. The number of hydrogen-bond acceptors (Lipinski definition) is 1. The predicted octanol–water partition coefficient (Wildman–Crippen LogP) is 4.26. The first-order valence-corrected chi connectivity index (χ1v) is 6.17. The third kappa shape index (κ3) is 4.52. The van der Waals surface area contributed by atoms with Crippen LogP contribution in [-0.4, -0.2) is 23.0 Å². The lowest BCUT2D eigenvalue weighted by molar-refractivity contribution is 0.0575. The van der Waals surface area contributed by atoms with Crippen molar-refractivity contribution >= 4 is 0 Å². The van der Waals surface area contributed by atoms with Crippen LogP contribution in [-0.2, 0) is 0 Å². The van der Waals surface area contributed by atoms with Crippen LogP contribution in [0.1, 0.15) is 48.0 Å². The van der Waals surface area contributed by atoms with Crippen LogP contribution in [0.5, 0.6) is 0 Å². The smallest absolute Gasteiger partial charge is 0.0190 e. The van der Waals surface area contributed by atoms with Gasteiger partial charge in [0.25, 0.3) is 0 Å². The van der Waals surface area contributed by atoms with Crippen molar-refractivity contribution in [3.63, 3.8) is 0 Å². The molecular weight excluding hydrogens is 194 g/mol. The van der Waals surface area contributed by atoms with Gasteiger partial charge in [-0.15, -0.1) is 13.2 Å². The summed E-state index contributed by atoms with van der Waals surface area (Å²) in [6.07, 6.45) is 5.07. The number of nitrogens with zero attached hydrogens (tertiary/aromatic N) is 1. The maximum absolute atomic E-state index is 3.93.